The van der Waals surface area contributed by atoms with Gasteiger partial charge in [-0.2, -0.15) is 0 Å². The van der Waals surface area contributed by atoms with Gasteiger partial charge in [0.2, 0.25) is 0 Å². The van der Waals surface area contributed by atoms with Gasteiger partial charge < -0.3 is 15.0 Å². The van der Waals surface area contributed by atoms with Crippen molar-refractivity contribution < 1.29 is 5.11 Å². The molecule has 2 N–H and O–H groups in total. The highest BCUT2D eigenvalue weighted by Gasteiger charge is 2.18. The molecule has 1 aromatic heterocycles. The first-order valence-corrected chi connectivity index (χ1v) is 10.2. The molecule has 2 aromatic carbocycles. The largest absolute Gasteiger partial charge is 0.390 e. The van der Waals surface area contributed by atoms with Crippen molar-refractivity contribution in [2.24, 2.45) is 0 Å². The van der Waals surface area contributed by atoms with Gasteiger partial charge in [0.05, 0.1) is 12.6 Å². The van der Waals surface area contributed by atoms with Crippen LogP contribution in [0.2, 0.25) is 0 Å². The van der Waals surface area contributed by atoms with E-state index in [1.54, 1.807) is 0 Å². The molecule has 1 atom stereocenters. The lowest BCUT2D eigenvalue weighted by molar-refractivity contribution is 0.0936. The molecule has 0 spiro atoms. The SMILES string of the molecule is OC(CN1CCNCC1)Cn1c2ccc(Br)cc2c2cc(Br)ccc21. The van der Waals surface area contributed by atoms with E-state index in [0.29, 0.717) is 6.54 Å². The highest BCUT2D eigenvalue weighted by Crippen LogP contribution is 2.33. The maximum atomic E-state index is 10.7. The fourth-order valence-electron chi connectivity index (χ4n) is 3.71. The molecule has 0 amide bonds. The third kappa shape index (κ3) is 3.64. The molecule has 1 saturated heterocycles. The molecule has 4 nitrogen and oxygen atoms in total. The van der Waals surface area contributed by atoms with Crippen molar-refractivity contribution in [2.75, 3.05) is 32.7 Å². The molecule has 25 heavy (non-hydrogen) atoms. The number of fused-ring (bicyclic) bond motifs is 3. The van der Waals surface area contributed by atoms with Crippen LogP contribution in [0.25, 0.3) is 21.8 Å². The monoisotopic (exact) mass is 465 g/mol. The quantitative estimate of drug-likeness (QED) is 0.617. The summed E-state index contributed by atoms with van der Waals surface area (Å²) in [5.74, 6) is 0. The van der Waals surface area contributed by atoms with E-state index in [2.05, 4.69) is 83.0 Å². The van der Waals surface area contributed by atoms with Crippen LogP contribution in [0.3, 0.4) is 0 Å². The maximum Gasteiger partial charge on any atom is 0.0845 e. The van der Waals surface area contributed by atoms with Crippen molar-refractivity contribution >= 4 is 53.7 Å². The van der Waals surface area contributed by atoms with Crippen LogP contribution in [0.4, 0.5) is 0 Å². The third-order valence-corrected chi connectivity index (χ3v) is 5.85. The van der Waals surface area contributed by atoms with Crippen LogP contribution in [-0.4, -0.2) is 53.4 Å². The van der Waals surface area contributed by atoms with Crippen molar-refractivity contribution in [2.45, 2.75) is 12.6 Å². The summed E-state index contributed by atoms with van der Waals surface area (Å²) in [5, 5.41) is 16.5. The Bertz CT molecular complexity index is 843. The Kier molecular flexibility index (Phi) is 5.15. The average Bonchev–Trinajstić information content (AvgIpc) is 2.88. The average molecular weight is 467 g/mol. The lowest BCUT2D eigenvalue weighted by Crippen LogP contribution is -2.46. The summed E-state index contributed by atoms with van der Waals surface area (Å²) in [6.07, 6.45) is -0.385. The molecule has 0 aliphatic carbocycles. The van der Waals surface area contributed by atoms with Gasteiger partial charge in [-0.25, -0.2) is 0 Å². The Labute approximate surface area is 164 Å². The molecule has 1 aliphatic rings. The normalized spacial score (nSPS) is 17.4. The third-order valence-electron chi connectivity index (χ3n) is 4.86. The van der Waals surface area contributed by atoms with E-state index in [-0.39, 0.29) is 6.10 Å². The lowest BCUT2D eigenvalue weighted by atomic mass is 10.2. The van der Waals surface area contributed by atoms with Gasteiger partial charge in [-0.15, -0.1) is 0 Å². The van der Waals surface area contributed by atoms with E-state index < -0.39 is 0 Å². The molecule has 3 aromatic rings. The zero-order valence-electron chi connectivity index (χ0n) is 13.9. The zero-order chi connectivity index (χ0) is 17.4. The maximum absolute atomic E-state index is 10.7. The van der Waals surface area contributed by atoms with E-state index in [9.17, 15) is 5.11 Å². The lowest BCUT2D eigenvalue weighted by Gasteiger charge is -2.29. The van der Waals surface area contributed by atoms with Gasteiger partial charge in [0, 0.05) is 63.5 Å². The second kappa shape index (κ2) is 7.37. The fraction of sp³-hybridized carbons (Fsp3) is 0.368. The molecule has 1 aliphatic heterocycles. The van der Waals surface area contributed by atoms with Crippen LogP contribution in [0.15, 0.2) is 45.3 Å². The second-order valence-electron chi connectivity index (χ2n) is 6.64. The number of hydrogen-bond acceptors (Lipinski definition) is 3. The molecule has 1 fully saturated rings. The molecule has 1 unspecified atom stereocenters. The molecular formula is C19H21Br2N3O. The Balaban J connectivity index is 1.69. The summed E-state index contributed by atoms with van der Waals surface area (Å²) >= 11 is 7.16. The van der Waals surface area contributed by atoms with Crippen molar-refractivity contribution in [3.05, 3.63) is 45.3 Å². The number of nitrogens with zero attached hydrogens (tertiary/aromatic N) is 2. The van der Waals surface area contributed by atoms with Crippen LogP contribution in [-0.2, 0) is 6.54 Å². The van der Waals surface area contributed by atoms with Crippen LogP contribution in [0, 0.1) is 0 Å². The van der Waals surface area contributed by atoms with Gasteiger partial charge in [0.25, 0.3) is 0 Å². The van der Waals surface area contributed by atoms with Crippen LogP contribution >= 0.6 is 31.9 Å². The molecule has 0 saturated carbocycles. The number of benzene rings is 2. The summed E-state index contributed by atoms with van der Waals surface area (Å²) in [6, 6.07) is 12.7. The minimum atomic E-state index is -0.385. The molecule has 6 heteroatoms. The number of aliphatic hydroxyl groups is 1. The van der Waals surface area contributed by atoms with Crippen molar-refractivity contribution in [3.63, 3.8) is 0 Å². The number of β-amino-alcohol motifs (C(OH)–C–C–N with tert-alkyl or cyclic N) is 1. The molecule has 4 rings (SSSR count). The van der Waals surface area contributed by atoms with Crippen molar-refractivity contribution in [1.29, 1.82) is 0 Å². The minimum Gasteiger partial charge on any atom is -0.390 e. The van der Waals surface area contributed by atoms with E-state index in [1.807, 2.05) is 0 Å². The first kappa shape index (κ1) is 17.5. The highest BCUT2D eigenvalue weighted by molar-refractivity contribution is 9.10. The Hall–Kier alpha value is -0.920. The summed E-state index contributed by atoms with van der Waals surface area (Å²) in [4.78, 5) is 2.34. The molecule has 0 bridgehead atoms. The zero-order valence-corrected chi connectivity index (χ0v) is 17.1. The Morgan fingerprint density at radius 3 is 2.04 bits per heavy atom. The molecular weight excluding hydrogens is 446 g/mol. The van der Waals surface area contributed by atoms with E-state index >= 15 is 0 Å². The number of aliphatic hydroxyl groups excluding tert-OH is 1. The van der Waals surface area contributed by atoms with Crippen LogP contribution in [0.5, 0.6) is 0 Å². The van der Waals surface area contributed by atoms with Crippen LogP contribution < -0.4 is 5.32 Å². The molecule has 132 valence electrons. The number of aromatic nitrogens is 1. The predicted molar refractivity (Wildman–Crippen MR) is 110 cm³/mol. The van der Waals surface area contributed by atoms with Gasteiger partial charge in [-0.05, 0) is 36.4 Å². The van der Waals surface area contributed by atoms with E-state index in [0.717, 1.165) is 52.7 Å². The van der Waals surface area contributed by atoms with Gasteiger partial charge in [-0.3, -0.25) is 4.90 Å². The number of piperazine rings is 1. The molecule has 0 radical (unpaired) electrons. The number of hydrogen-bond donors (Lipinski definition) is 2. The van der Waals surface area contributed by atoms with Gasteiger partial charge >= 0.3 is 0 Å². The fourth-order valence-corrected chi connectivity index (χ4v) is 4.43. The summed E-state index contributed by atoms with van der Waals surface area (Å²) in [7, 11) is 0. The first-order chi connectivity index (χ1) is 12.1. The van der Waals surface area contributed by atoms with Gasteiger partial charge in [0.15, 0.2) is 0 Å². The first-order valence-electron chi connectivity index (χ1n) is 8.60. The second-order valence-corrected chi connectivity index (χ2v) is 8.47. The summed E-state index contributed by atoms with van der Waals surface area (Å²) in [5.41, 5.74) is 2.33. The summed E-state index contributed by atoms with van der Waals surface area (Å²) in [6.45, 7) is 5.34. The van der Waals surface area contributed by atoms with Crippen molar-refractivity contribution in [3.8, 4) is 0 Å². The van der Waals surface area contributed by atoms with Crippen LogP contribution in [0.1, 0.15) is 0 Å². The highest BCUT2D eigenvalue weighted by atomic mass is 79.9. The van der Waals surface area contributed by atoms with Crippen molar-refractivity contribution in [1.82, 2.24) is 14.8 Å². The smallest absolute Gasteiger partial charge is 0.0845 e. The number of nitrogens with one attached hydrogen (secondary N) is 1. The number of rotatable bonds is 4. The molecule has 2 heterocycles. The van der Waals surface area contributed by atoms with E-state index in [1.165, 1.54) is 10.8 Å². The predicted octanol–water partition coefficient (Wildman–Crippen LogP) is 3.59. The van der Waals surface area contributed by atoms with Gasteiger partial charge in [0.1, 0.15) is 0 Å². The summed E-state index contributed by atoms with van der Waals surface area (Å²) < 4.78 is 4.39. The van der Waals surface area contributed by atoms with Gasteiger partial charge in [-0.1, -0.05) is 31.9 Å². The standard InChI is InChI=1S/C19H21Br2N3O/c20-13-1-3-18-16(9-13)17-10-14(21)2-4-19(17)24(18)12-15(25)11-23-7-5-22-6-8-23/h1-4,9-10,15,22,25H,5-8,11-12H2. The van der Waals surface area contributed by atoms with E-state index in [4.69, 9.17) is 0 Å². The Morgan fingerprint density at radius 2 is 1.48 bits per heavy atom. The Morgan fingerprint density at radius 1 is 0.920 bits per heavy atom. The topological polar surface area (TPSA) is 40.4 Å². The number of halogens is 2. The minimum absolute atomic E-state index is 0.385.